The second-order valence-corrected chi connectivity index (χ2v) is 5.89. The van der Waals surface area contributed by atoms with Crippen molar-refractivity contribution in [3.8, 4) is 17.4 Å². The van der Waals surface area contributed by atoms with E-state index in [9.17, 15) is 5.11 Å². The number of benzene rings is 2. The van der Waals surface area contributed by atoms with Crippen LogP contribution >= 0.6 is 0 Å². The van der Waals surface area contributed by atoms with Crippen LogP contribution in [0, 0.1) is 6.92 Å². The van der Waals surface area contributed by atoms with Crippen molar-refractivity contribution >= 4 is 5.95 Å². The van der Waals surface area contributed by atoms with Gasteiger partial charge in [-0.1, -0.05) is 36.4 Å². The maximum Gasteiger partial charge on any atom is 0.223 e. The van der Waals surface area contributed by atoms with Crippen LogP contribution < -0.4 is 15.2 Å². The Balaban J connectivity index is 1.79. The van der Waals surface area contributed by atoms with Gasteiger partial charge in [0.2, 0.25) is 11.8 Å². The third-order valence-corrected chi connectivity index (χ3v) is 4.08. The molecule has 0 fully saturated rings. The van der Waals surface area contributed by atoms with E-state index in [1.807, 2.05) is 48.5 Å². The third kappa shape index (κ3) is 4.03. The van der Waals surface area contributed by atoms with Crippen molar-refractivity contribution in [1.29, 1.82) is 0 Å². The summed E-state index contributed by atoms with van der Waals surface area (Å²) < 4.78 is 11.3. The maximum absolute atomic E-state index is 10.1. The SMILES string of the molecule is COc1cc(OCc2ccccc2)ccc1Cc1c(C)nc(N)nc1O. The third-order valence-electron chi connectivity index (χ3n) is 4.08. The van der Waals surface area contributed by atoms with Crippen molar-refractivity contribution in [2.75, 3.05) is 12.8 Å². The van der Waals surface area contributed by atoms with Gasteiger partial charge in [-0.2, -0.15) is 4.98 Å². The van der Waals surface area contributed by atoms with Crippen molar-refractivity contribution in [2.24, 2.45) is 0 Å². The first-order valence-corrected chi connectivity index (χ1v) is 8.22. The second-order valence-electron chi connectivity index (χ2n) is 5.89. The molecule has 0 aliphatic carbocycles. The fraction of sp³-hybridized carbons (Fsp3) is 0.200. The van der Waals surface area contributed by atoms with E-state index in [1.165, 1.54) is 0 Å². The lowest BCUT2D eigenvalue weighted by atomic mass is 10.0. The number of aromatic hydroxyl groups is 1. The van der Waals surface area contributed by atoms with E-state index in [2.05, 4.69) is 9.97 Å². The van der Waals surface area contributed by atoms with Gasteiger partial charge in [-0.3, -0.25) is 0 Å². The largest absolute Gasteiger partial charge is 0.496 e. The number of nitrogen functional groups attached to an aromatic ring is 1. The van der Waals surface area contributed by atoms with Gasteiger partial charge in [-0.15, -0.1) is 0 Å². The molecule has 3 rings (SSSR count). The van der Waals surface area contributed by atoms with E-state index in [4.69, 9.17) is 15.2 Å². The van der Waals surface area contributed by atoms with Crippen LogP contribution in [0.25, 0.3) is 0 Å². The molecule has 0 amide bonds. The number of aryl methyl sites for hydroxylation is 1. The first-order chi connectivity index (χ1) is 12.6. The summed E-state index contributed by atoms with van der Waals surface area (Å²) in [5, 5.41) is 10.1. The number of hydrogen-bond acceptors (Lipinski definition) is 6. The van der Waals surface area contributed by atoms with Crippen LogP contribution in [0.15, 0.2) is 48.5 Å². The highest BCUT2D eigenvalue weighted by molar-refractivity contribution is 5.46. The Bertz CT molecular complexity index is 875. The molecule has 3 N–H and O–H groups in total. The number of anilines is 1. The summed E-state index contributed by atoms with van der Waals surface area (Å²) in [6, 6.07) is 15.6. The predicted molar refractivity (Wildman–Crippen MR) is 99.4 cm³/mol. The van der Waals surface area contributed by atoms with Crippen LogP contribution in [0.3, 0.4) is 0 Å². The molecule has 0 saturated heterocycles. The lowest BCUT2D eigenvalue weighted by Crippen LogP contribution is -2.04. The molecule has 1 aromatic heterocycles. The molecule has 0 atom stereocenters. The van der Waals surface area contributed by atoms with Crippen LogP contribution in [0.5, 0.6) is 17.4 Å². The quantitative estimate of drug-likeness (QED) is 0.708. The summed E-state index contributed by atoms with van der Waals surface area (Å²) >= 11 is 0. The number of methoxy groups -OCH3 is 1. The molecule has 6 nitrogen and oxygen atoms in total. The molecule has 6 heteroatoms. The van der Waals surface area contributed by atoms with Gasteiger partial charge < -0.3 is 20.3 Å². The molecule has 3 aromatic rings. The average molecular weight is 351 g/mol. The Morgan fingerprint density at radius 2 is 1.85 bits per heavy atom. The Labute approximate surface area is 152 Å². The van der Waals surface area contributed by atoms with E-state index in [-0.39, 0.29) is 11.8 Å². The average Bonchev–Trinajstić information content (AvgIpc) is 2.64. The number of ether oxygens (including phenoxy) is 2. The summed E-state index contributed by atoms with van der Waals surface area (Å²) in [5.41, 5.74) is 8.80. The van der Waals surface area contributed by atoms with Crippen molar-refractivity contribution in [3.05, 3.63) is 70.9 Å². The smallest absolute Gasteiger partial charge is 0.223 e. The number of rotatable bonds is 6. The van der Waals surface area contributed by atoms with Crippen LogP contribution in [0.4, 0.5) is 5.95 Å². The maximum atomic E-state index is 10.1. The molecule has 0 aliphatic heterocycles. The van der Waals surface area contributed by atoms with Gasteiger partial charge in [0.25, 0.3) is 0 Å². The van der Waals surface area contributed by atoms with Gasteiger partial charge in [0.05, 0.1) is 12.8 Å². The standard InChI is InChI=1S/C20H21N3O3/c1-13-17(19(24)23-20(21)22-13)10-15-8-9-16(11-18(15)25-2)26-12-14-6-4-3-5-7-14/h3-9,11H,10,12H2,1-2H3,(H3,21,22,23,24). The predicted octanol–water partition coefficient (Wildman–Crippen LogP) is 3.25. The first kappa shape index (κ1) is 17.5. The Morgan fingerprint density at radius 3 is 2.54 bits per heavy atom. The van der Waals surface area contributed by atoms with Gasteiger partial charge >= 0.3 is 0 Å². The van der Waals surface area contributed by atoms with Crippen molar-refractivity contribution in [1.82, 2.24) is 9.97 Å². The summed E-state index contributed by atoms with van der Waals surface area (Å²) in [7, 11) is 1.60. The molecule has 0 aliphatic rings. The van der Waals surface area contributed by atoms with E-state index in [0.29, 0.717) is 35.8 Å². The number of nitrogens with zero attached hydrogens (tertiary/aromatic N) is 2. The van der Waals surface area contributed by atoms with E-state index >= 15 is 0 Å². The van der Waals surface area contributed by atoms with Gasteiger partial charge in [0.15, 0.2) is 0 Å². The fourth-order valence-electron chi connectivity index (χ4n) is 2.70. The summed E-state index contributed by atoms with van der Waals surface area (Å²) in [6.07, 6.45) is 0.431. The molecule has 26 heavy (non-hydrogen) atoms. The van der Waals surface area contributed by atoms with Crippen molar-refractivity contribution < 1.29 is 14.6 Å². The molecule has 134 valence electrons. The van der Waals surface area contributed by atoms with E-state index < -0.39 is 0 Å². The van der Waals surface area contributed by atoms with Crippen LogP contribution in [-0.2, 0) is 13.0 Å². The first-order valence-electron chi connectivity index (χ1n) is 8.22. The molecule has 0 spiro atoms. The van der Waals surface area contributed by atoms with Gasteiger partial charge in [0, 0.05) is 18.1 Å². The monoisotopic (exact) mass is 351 g/mol. The Hall–Kier alpha value is -3.28. The molecule has 0 radical (unpaired) electrons. The molecule has 2 aromatic carbocycles. The lowest BCUT2D eigenvalue weighted by Gasteiger charge is -2.13. The molecule has 1 heterocycles. The Morgan fingerprint density at radius 1 is 1.08 bits per heavy atom. The zero-order valence-corrected chi connectivity index (χ0v) is 14.8. The van der Waals surface area contributed by atoms with Crippen LogP contribution in [-0.4, -0.2) is 22.2 Å². The topological polar surface area (TPSA) is 90.5 Å². The highest BCUT2D eigenvalue weighted by atomic mass is 16.5. The number of hydrogen-bond donors (Lipinski definition) is 2. The zero-order chi connectivity index (χ0) is 18.5. The van der Waals surface area contributed by atoms with E-state index in [1.54, 1.807) is 14.0 Å². The van der Waals surface area contributed by atoms with Crippen LogP contribution in [0.1, 0.15) is 22.4 Å². The minimum Gasteiger partial charge on any atom is -0.496 e. The van der Waals surface area contributed by atoms with E-state index in [0.717, 1.165) is 11.1 Å². The van der Waals surface area contributed by atoms with Crippen molar-refractivity contribution in [2.45, 2.75) is 20.0 Å². The van der Waals surface area contributed by atoms with Gasteiger partial charge in [-0.25, -0.2) is 4.98 Å². The summed E-state index contributed by atoms with van der Waals surface area (Å²) in [6.45, 7) is 2.27. The van der Waals surface area contributed by atoms with Crippen molar-refractivity contribution in [3.63, 3.8) is 0 Å². The highest BCUT2D eigenvalue weighted by Crippen LogP contribution is 2.30. The lowest BCUT2D eigenvalue weighted by molar-refractivity contribution is 0.303. The molecule has 0 saturated carbocycles. The molecule has 0 bridgehead atoms. The molecular formula is C20H21N3O3. The number of aromatic nitrogens is 2. The second kappa shape index (κ2) is 7.74. The van der Waals surface area contributed by atoms with Gasteiger partial charge in [0.1, 0.15) is 18.1 Å². The molecular weight excluding hydrogens is 330 g/mol. The highest BCUT2D eigenvalue weighted by Gasteiger charge is 2.14. The van der Waals surface area contributed by atoms with Gasteiger partial charge in [-0.05, 0) is 24.1 Å². The minimum atomic E-state index is -0.110. The minimum absolute atomic E-state index is 0.0559. The summed E-state index contributed by atoms with van der Waals surface area (Å²) in [5.74, 6) is 1.33. The normalized spacial score (nSPS) is 10.5. The molecule has 0 unspecified atom stereocenters. The fourth-order valence-corrected chi connectivity index (χ4v) is 2.70. The van der Waals surface area contributed by atoms with Crippen LogP contribution in [0.2, 0.25) is 0 Å². The summed E-state index contributed by atoms with van der Waals surface area (Å²) in [4.78, 5) is 7.93. The zero-order valence-electron chi connectivity index (χ0n) is 14.8. The Kier molecular flexibility index (Phi) is 5.22. The number of nitrogens with two attached hydrogens (primary N) is 1.